The summed E-state index contributed by atoms with van der Waals surface area (Å²) >= 11 is 1.26. The van der Waals surface area contributed by atoms with E-state index in [1.807, 2.05) is 28.8 Å². The molecule has 43 heavy (non-hydrogen) atoms. The highest BCUT2D eigenvalue weighted by Gasteiger charge is 2.31. The van der Waals surface area contributed by atoms with Crippen LogP contribution < -0.4 is 0 Å². The van der Waals surface area contributed by atoms with Gasteiger partial charge in [0.15, 0.2) is 0 Å². The van der Waals surface area contributed by atoms with E-state index in [0.29, 0.717) is 16.8 Å². The van der Waals surface area contributed by atoms with Crippen LogP contribution in [0.1, 0.15) is 58.8 Å². The van der Waals surface area contributed by atoms with Gasteiger partial charge in [0.25, 0.3) is 0 Å². The van der Waals surface area contributed by atoms with Crippen LogP contribution in [0.2, 0.25) is 0 Å². The molecule has 6 rings (SSSR count). The molecule has 2 aromatic carbocycles. The summed E-state index contributed by atoms with van der Waals surface area (Å²) in [6.07, 6.45) is 0.872. The molecule has 222 valence electrons. The summed E-state index contributed by atoms with van der Waals surface area (Å²) < 4.78 is 42.8. The number of likely N-dealkylation sites (N-methyl/N-ethyl adjacent to an activating group) is 1. The lowest BCUT2D eigenvalue weighted by Crippen LogP contribution is -2.26. The average Bonchev–Trinajstić information content (AvgIpc) is 3.55. The maximum Gasteiger partial charge on any atom is 0.416 e. The van der Waals surface area contributed by atoms with Gasteiger partial charge in [0.05, 0.1) is 32.7 Å². The maximum atomic E-state index is 13.3. The van der Waals surface area contributed by atoms with Crippen LogP contribution in [0.15, 0.2) is 60.7 Å². The van der Waals surface area contributed by atoms with Crippen molar-refractivity contribution in [1.82, 2.24) is 14.5 Å². The second-order valence-corrected chi connectivity index (χ2v) is 12.3. The molecule has 0 saturated heterocycles. The van der Waals surface area contributed by atoms with E-state index in [1.54, 1.807) is 32.3 Å². The molecule has 3 heterocycles. The van der Waals surface area contributed by atoms with Crippen LogP contribution in [0, 0.1) is 0 Å². The molecule has 6 nitrogen and oxygen atoms in total. The molecular weight excluding hydrogens is 575 g/mol. The van der Waals surface area contributed by atoms with Crippen LogP contribution in [0.5, 0.6) is 0 Å². The first-order valence-electron chi connectivity index (χ1n) is 14.2. The third kappa shape index (κ3) is 5.51. The normalized spacial score (nSPS) is 14.4. The maximum absolute atomic E-state index is 13.3. The molecule has 0 unspecified atom stereocenters. The van der Waals surface area contributed by atoms with Gasteiger partial charge in [-0.1, -0.05) is 43.5 Å². The highest BCUT2D eigenvalue weighted by atomic mass is 32.1. The number of aromatic carboxylic acids is 1. The zero-order valence-electron chi connectivity index (χ0n) is 23.7. The topological polar surface area (TPSA) is 75.4 Å². The van der Waals surface area contributed by atoms with Gasteiger partial charge in [-0.05, 0) is 66.3 Å². The number of fused-ring (bicyclic) bond motifs is 2. The summed E-state index contributed by atoms with van der Waals surface area (Å²) in [5.41, 5.74) is 4.35. The lowest BCUT2D eigenvalue weighted by molar-refractivity contribution is -0.137. The van der Waals surface area contributed by atoms with Gasteiger partial charge in [0, 0.05) is 25.0 Å². The standard InChI is InChI=1S/C33H30F3N3O3S/c1-38(2)28(40)18-39-26-17-27(32(41)42)43-31(26)29(19-7-4-3-5-8-19)30(39)22-12-14-25-21(15-22)11-13-24(37-25)20-9-6-10-23(16-20)33(34,35)36/h6,9-17,19H,3-5,7-8,18H2,1-2H3,(H,41,42). The van der Waals surface area contributed by atoms with Gasteiger partial charge >= 0.3 is 12.1 Å². The number of halogens is 3. The van der Waals surface area contributed by atoms with E-state index in [1.165, 1.54) is 22.3 Å². The first-order chi connectivity index (χ1) is 20.5. The van der Waals surface area contributed by atoms with Crippen LogP contribution >= 0.6 is 11.3 Å². The number of thiophene rings is 1. The zero-order valence-corrected chi connectivity index (χ0v) is 24.6. The molecule has 1 fully saturated rings. The van der Waals surface area contributed by atoms with Crippen molar-refractivity contribution in [1.29, 1.82) is 0 Å². The monoisotopic (exact) mass is 605 g/mol. The number of amides is 1. The lowest BCUT2D eigenvalue weighted by atomic mass is 9.83. The summed E-state index contributed by atoms with van der Waals surface area (Å²) in [6, 6.07) is 16.2. The lowest BCUT2D eigenvalue weighted by Gasteiger charge is -2.24. The average molecular weight is 606 g/mol. The SMILES string of the molecule is CN(C)C(=O)Cn1c(-c2ccc3nc(-c4cccc(C(F)(F)F)c4)ccc3c2)c(C2CCCCC2)c2sc(C(=O)O)cc21. The van der Waals surface area contributed by atoms with Gasteiger partial charge in [-0.2, -0.15) is 13.2 Å². The van der Waals surface area contributed by atoms with Crippen molar-refractivity contribution in [3.05, 3.63) is 76.7 Å². The van der Waals surface area contributed by atoms with Gasteiger partial charge in [-0.25, -0.2) is 9.78 Å². The highest BCUT2D eigenvalue weighted by molar-refractivity contribution is 7.21. The largest absolute Gasteiger partial charge is 0.477 e. The van der Waals surface area contributed by atoms with Crippen LogP contribution in [0.4, 0.5) is 13.2 Å². The minimum absolute atomic E-state index is 0.0616. The smallest absolute Gasteiger partial charge is 0.416 e. The molecule has 0 atom stereocenters. The third-order valence-electron chi connectivity index (χ3n) is 8.24. The molecule has 1 aliphatic carbocycles. The number of hydrogen-bond donors (Lipinski definition) is 1. The summed E-state index contributed by atoms with van der Waals surface area (Å²) in [5, 5.41) is 10.6. The van der Waals surface area contributed by atoms with E-state index in [4.69, 9.17) is 0 Å². The van der Waals surface area contributed by atoms with Gasteiger partial charge in [-0.15, -0.1) is 11.3 Å². The number of carbonyl (C=O) groups excluding carboxylic acids is 1. The van der Waals surface area contributed by atoms with Gasteiger partial charge in [0.2, 0.25) is 5.91 Å². The van der Waals surface area contributed by atoms with Crippen LogP contribution in [0.3, 0.4) is 0 Å². The second-order valence-electron chi connectivity index (χ2n) is 11.3. The van der Waals surface area contributed by atoms with Crippen molar-refractivity contribution in [2.24, 2.45) is 0 Å². The number of alkyl halides is 3. The minimum atomic E-state index is -4.44. The van der Waals surface area contributed by atoms with Crippen LogP contribution in [-0.4, -0.2) is 45.5 Å². The Labute approximate surface area is 250 Å². The molecule has 5 aromatic rings. The van der Waals surface area contributed by atoms with E-state index in [0.717, 1.165) is 76.7 Å². The number of hydrogen-bond acceptors (Lipinski definition) is 4. The van der Waals surface area contributed by atoms with Crippen molar-refractivity contribution in [2.45, 2.75) is 50.7 Å². The number of benzene rings is 2. The Balaban J connectivity index is 1.51. The van der Waals surface area contributed by atoms with E-state index in [-0.39, 0.29) is 23.2 Å². The number of aromatic nitrogens is 2. The number of carbonyl (C=O) groups is 2. The van der Waals surface area contributed by atoms with Crippen molar-refractivity contribution in [2.75, 3.05) is 14.1 Å². The fourth-order valence-electron chi connectivity index (χ4n) is 6.06. The Hall–Kier alpha value is -4.18. The van der Waals surface area contributed by atoms with Crippen LogP contribution in [-0.2, 0) is 17.5 Å². The summed E-state index contributed by atoms with van der Waals surface area (Å²) in [7, 11) is 3.40. The molecule has 0 spiro atoms. The van der Waals surface area contributed by atoms with E-state index >= 15 is 0 Å². The molecule has 1 saturated carbocycles. The van der Waals surface area contributed by atoms with E-state index in [9.17, 15) is 27.9 Å². The Kier molecular flexibility index (Phi) is 7.50. The third-order valence-corrected chi connectivity index (χ3v) is 9.38. The number of carboxylic acids is 1. The van der Waals surface area contributed by atoms with Crippen molar-refractivity contribution in [3.63, 3.8) is 0 Å². The predicted octanol–water partition coefficient (Wildman–Crippen LogP) is 8.44. The van der Waals surface area contributed by atoms with Crippen molar-refractivity contribution < 1.29 is 27.9 Å². The Morgan fingerprint density at radius 1 is 1.00 bits per heavy atom. The van der Waals surface area contributed by atoms with Gasteiger partial charge in [-0.3, -0.25) is 4.79 Å². The zero-order chi connectivity index (χ0) is 30.5. The van der Waals surface area contributed by atoms with E-state index < -0.39 is 17.7 Å². The molecule has 1 amide bonds. The number of pyridine rings is 1. The molecule has 0 radical (unpaired) electrons. The molecule has 1 aliphatic rings. The highest BCUT2D eigenvalue weighted by Crippen LogP contribution is 2.47. The van der Waals surface area contributed by atoms with Crippen molar-refractivity contribution in [3.8, 4) is 22.5 Å². The summed E-state index contributed by atoms with van der Waals surface area (Å²) in [6.45, 7) is 0.0616. The second kappa shape index (κ2) is 11.1. The molecule has 3 aromatic heterocycles. The first-order valence-corrected chi connectivity index (χ1v) is 15.0. The van der Waals surface area contributed by atoms with Crippen LogP contribution in [0.25, 0.3) is 43.6 Å². The molecule has 0 bridgehead atoms. The Morgan fingerprint density at radius 3 is 2.47 bits per heavy atom. The molecular formula is C33H30F3N3O3S. The molecule has 1 N–H and O–H groups in total. The first kappa shape index (κ1) is 28.9. The Morgan fingerprint density at radius 2 is 1.77 bits per heavy atom. The summed E-state index contributed by atoms with van der Waals surface area (Å²) in [4.78, 5) is 31.5. The fraction of sp³-hybridized carbons (Fsp3) is 0.303. The van der Waals surface area contributed by atoms with E-state index in [2.05, 4.69) is 4.98 Å². The van der Waals surface area contributed by atoms with Crippen molar-refractivity contribution >= 4 is 44.3 Å². The number of rotatable bonds is 6. The quantitative estimate of drug-likeness (QED) is 0.211. The van der Waals surface area contributed by atoms with Gasteiger partial charge in [0.1, 0.15) is 11.4 Å². The van der Waals surface area contributed by atoms with Gasteiger partial charge < -0.3 is 14.6 Å². The number of carboxylic acid groups (broad SMARTS) is 1. The minimum Gasteiger partial charge on any atom is -0.477 e. The predicted molar refractivity (Wildman–Crippen MR) is 162 cm³/mol. The fourth-order valence-corrected chi connectivity index (χ4v) is 7.19. The number of nitrogens with zero attached hydrogens (tertiary/aromatic N) is 3. The molecule has 0 aliphatic heterocycles. The Bertz CT molecular complexity index is 1870. The molecule has 10 heteroatoms. The summed E-state index contributed by atoms with van der Waals surface area (Å²) in [5.74, 6) is -0.861.